The van der Waals surface area contributed by atoms with E-state index in [1.54, 1.807) is 12.1 Å². The van der Waals surface area contributed by atoms with E-state index in [1.807, 2.05) is 18.2 Å². The highest BCUT2D eigenvalue weighted by Gasteiger charge is 2.29. The summed E-state index contributed by atoms with van der Waals surface area (Å²) in [6, 6.07) is 9.00. The Hall–Kier alpha value is -1.74. The van der Waals surface area contributed by atoms with Crippen LogP contribution in [0.1, 0.15) is 172 Å². The number of fused-ring (bicyclic) bond motifs is 1. The van der Waals surface area contributed by atoms with Crippen molar-refractivity contribution in [2.45, 2.75) is 168 Å². The molecule has 0 radical (unpaired) electrons. The van der Waals surface area contributed by atoms with E-state index in [9.17, 15) is 9.90 Å². The molecule has 2 aromatic carbocycles. The van der Waals surface area contributed by atoms with E-state index in [1.165, 1.54) is 116 Å². The Morgan fingerprint density at radius 1 is 0.683 bits per heavy atom. The number of phenolic OH excluding ortho intramolecular Hbond substituents is 1. The van der Waals surface area contributed by atoms with Crippen LogP contribution in [0.4, 0.5) is 0 Å². The van der Waals surface area contributed by atoms with Crippen LogP contribution in [0.2, 0.25) is 5.02 Å². The summed E-state index contributed by atoms with van der Waals surface area (Å²) in [5.41, 5.74) is 0.00385. The molecule has 0 saturated carbocycles. The SMILES string of the molecule is CCCCCCCCCCCCCCCCCCCCCC(CC)(CC)NC(=O)c1cc(Cl)c2ccccc2c1O. The number of hydrogen-bond acceptors (Lipinski definition) is 2. The average Bonchev–Trinajstić information content (AvgIpc) is 2.99. The van der Waals surface area contributed by atoms with Crippen molar-refractivity contribution in [2.75, 3.05) is 0 Å². The van der Waals surface area contributed by atoms with Crippen molar-refractivity contribution in [1.82, 2.24) is 5.32 Å². The molecule has 41 heavy (non-hydrogen) atoms. The van der Waals surface area contributed by atoms with Gasteiger partial charge in [0.2, 0.25) is 0 Å². The summed E-state index contributed by atoms with van der Waals surface area (Å²) in [5.74, 6) is -0.233. The van der Waals surface area contributed by atoms with Gasteiger partial charge in [-0.3, -0.25) is 4.79 Å². The third-order valence-corrected chi connectivity index (χ3v) is 9.51. The second-order valence-electron chi connectivity index (χ2n) is 12.4. The number of amides is 1. The number of phenols is 1. The monoisotopic (exact) mass is 585 g/mol. The molecule has 0 heterocycles. The quantitative estimate of drug-likeness (QED) is 0.120. The highest BCUT2D eigenvalue weighted by molar-refractivity contribution is 6.36. The van der Waals surface area contributed by atoms with Crippen LogP contribution >= 0.6 is 11.6 Å². The van der Waals surface area contributed by atoms with Crippen LogP contribution in [0.25, 0.3) is 10.8 Å². The van der Waals surface area contributed by atoms with Crippen molar-refractivity contribution in [1.29, 1.82) is 0 Å². The zero-order valence-corrected chi connectivity index (χ0v) is 27.4. The van der Waals surface area contributed by atoms with Gasteiger partial charge in [-0.15, -0.1) is 0 Å². The van der Waals surface area contributed by atoms with Crippen LogP contribution in [0, 0.1) is 0 Å². The van der Waals surface area contributed by atoms with E-state index >= 15 is 0 Å². The fraction of sp³-hybridized carbons (Fsp3) is 0.703. The first kappa shape index (κ1) is 35.5. The Labute approximate surface area is 257 Å². The molecule has 0 aliphatic carbocycles. The van der Waals surface area contributed by atoms with Crippen molar-refractivity contribution >= 4 is 28.3 Å². The molecule has 2 rings (SSSR count). The standard InChI is InChI=1S/C37H60ClNO2/c1-4-7-8-9-10-11-12-13-14-15-16-17-18-19-20-21-22-23-26-29-37(5-2,6-3)39-36(41)33-30-34(38)31-27-24-25-28-32(31)35(33)40/h24-25,27-28,30,40H,4-23,26,29H2,1-3H3,(H,39,41). The average molecular weight is 586 g/mol. The Kier molecular flexibility index (Phi) is 18.2. The van der Waals surface area contributed by atoms with E-state index in [2.05, 4.69) is 26.1 Å². The van der Waals surface area contributed by atoms with Gasteiger partial charge in [-0.05, 0) is 25.3 Å². The number of unbranched alkanes of at least 4 members (excludes halogenated alkanes) is 18. The van der Waals surface area contributed by atoms with Crippen molar-refractivity contribution in [3.8, 4) is 5.75 Å². The molecule has 0 aliphatic rings. The largest absolute Gasteiger partial charge is 0.506 e. The molecule has 0 aromatic heterocycles. The maximum atomic E-state index is 13.3. The van der Waals surface area contributed by atoms with Crippen molar-refractivity contribution in [3.63, 3.8) is 0 Å². The summed E-state index contributed by atoms with van der Waals surface area (Å²) in [6.07, 6.45) is 28.8. The second-order valence-corrected chi connectivity index (χ2v) is 12.8. The Morgan fingerprint density at radius 2 is 1.10 bits per heavy atom. The molecule has 0 aliphatic heterocycles. The molecular weight excluding hydrogens is 526 g/mol. The van der Waals surface area contributed by atoms with Crippen LogP contribution in [-0.2, 0) is 0 Å². The van der Waals surface area contributed by atoms with Gasteiger partial charge < -0.3 is 10.4 Å². The van der Waals surface area contributed by atoms with E-state index < -0.39 is 0 Å². The molecule has 0 saturated heterocycles. The zero-order valence-electron chi connectivity index (χ0n) is 26.7. The predicted molar refractivity (Wildman–Crippen MR) is 179 cm³/mol. The number of halogens is 1. The lowest BCUT2D eigenvalue weighted by atomic mass is 9.86. The number of hydrogen-bond donors (Lipinski definition) is 2. The van der Waals surface area contributed by atoms with Crippen LogP contribution in [0.15, 0.2) is 30.3 Å². The van der Waals surface area contributed by atoms with Gasteiger partial charge in [0, 0.05) is 21.3 Å². The molecule has 4 heteroatoms. The van der Waals surface area contributed by atoms with E-state index in [0.29, 0.717) is 10.4 Å². The maximum Gasteiger partial charge on any atom is 0.255 e. The molecule has 0 atom stereocenters. The van der Waals surface area contributed by atoms with Crippen LogP contribution in [-0.4, -0.2) is 16.6 Å². The second kappa shape index (κ2) is 21.0. The molecule has 2 N–H and O–H groups in total. The smallest absolute Gasteiger partial charge is 0.255 e. The lowest BCUT2D eigenvalue weighted by molar-refractivity contribution is 0.0880. The van der Waals surface area contributed by atoms with Crippen molar-refractivity contribution in [3.05, 3.63) is 40.9 Å². The summed E-state index contributed by atoms with van der Waals surface area (Å²) < 4.78 is 0. The van der Waals surface area contributed by atoms with Gasteiger partial charge in [0.05, 0.1) is 5.56 Å². The fourth-order valence-electron chi connectivity index (χ4n) is 6.18. The molecule has 1 amide bonds. The number of carbonyl (C=O) groups excluding carboxylic acids is 1. The third kappa shape index (κ3) is 13.0. The predicted octanol–water partition coefficient (Wildman–Crippen LogP) is 12.3. The third-order valence-electron chi connectivity index (χ3n) is 9.20. The number of aromatic hydroxyl groups is 1. The first-order chi connectivity index (χ1) is 20.0. The number of nitrogens with one attached hydrogen (secondary N) is 1. The van der Waals surface area contributed by atoms with Gasteiger partial charge in [0.15, 0.2) is 0 Å². The number of benzene rings is 2. The highest BCUT2D eigenvalue weighted by atomic mass is 35.5. The van der Waals surface area contributed by atoms with Gasteiger partial charge in [0.25, 0.3) is 5.91 Å². The molecule has 0 bridgehead atoms. The Balaban J connectivity index is 1.56. The van der Waals surface area contributed by atoms with Crippen molar-refractivity contribution < 1.29 is 9.90 Å². The lowest BCUT2D eigenvalue weighted by Crippen LogP contribution is -2.47. The molecule has 0 fully saturated rings. The van der Waals surface area contributed by atoms with E-state index in [4.69, 9.17) is 11.6 Å². The molecule has 0 unspecified atom stereocenters. The van der Waals surface area contributed by atoms with Crippen LogP contribution in [0.3, 0.4) is 0 Å². The lowest BCUT2D eigenvalue weighted by Gasteiger charge is -2.33. The van der Waals surface area contributed by atoms with Crippen LogP contribution < -0.4 is 5.32 Å². The first-order valence-electron chi connectivity index (χ1n) is 17.2. The Bertz CT molecular complexity index is 984. The van der Waals surface area contributed by atoms with Crippen LogP contribution in [0.5, 0.6) is 5.75 Å². The van der Waals surface area contributed by atoms with E-state index in [0.717, 1.165) is 31.1 Å². The minimum Gasteiger partial charge on any atom is -0.506 e. The van der Waals surface area contributed by atoms with Gasteiger partial charge in [-0.1, -0.05) is 179 Å². The van der Waals surface area contributed by atoms with Gasteiger partial charge in [-0.25, -0.2) is 0 Å². The van der Waals surface area contributed by atoms with Gasteiger partial charge >= 0.3 is 0 Å². The minimum atomic E-state index is -0.254. The molecule has 2 aromatic rings. The number of carbonyl (C=O) groups is 1. The Morgan fingerprint density at radius 3 is 1.54 bits per heavy atom. The van der Waals surface area contributed by atoms with Crippen molar-refractivity contribution in [2.24, 2.45) is 0 Å². The molecular formula is C37H60ClNO2. The summed E-state index contributed by atoms with van der Waals surface area (Å²) in [4.78, 5) is 13.3. The summed E-state index contributed by atoms with van der Waals surface area (Å²) in [5, 5.41) is 16.0. The maximum absolute atomic E-state index is 13.3. The first-order valence-corrected chi connectivity index (χ1v) is 17.6. The van der Waals surface area contributed by atoms with E-state index in [-0.39, 0.29) is 22.8 Å². The minimum absolute atomic E-state index is 0.00658. The molecule has 0 spiro atoms. The van der Waals surface area contributed by atoms with Gasteiger partial charge in [-0.2, -0.15) is 0 Å². The summed E-state index contributed by atoms with van der Waals surface area (Å²) in [7, 11) is 0. The fourth-order valence-corrected chi connectivity index (χ4v) is 6.46. The molecule has 232 valence electrons. The highest BCUT2D eigenvalue weighted by Crippen LogP contribution is 2.35. The molecule has 3 nitrogen and oxygen atoms in total. The normalized spacial score (nSPS) is 11.8. The van der Waals surface area contributed by atoms with Gasteiger partial charge in [0.1, 0.15) is 5.75 Å². The summed E-state index contributed by atoms with van der Waals surface area (Å²) in [6.45, 7) is 6.58. The summed E-state index contributed by atoms with van der Waals surface area (Å²) >= 11 is 6.45. The topological polar surface area (TPSA) is 49.3 Å². The number of rotatable bonds is 24. The zero-order chi connectivity index (χ0) is 29.8.